The van der Waals surface area contributed by atoms with Gasteiger partial charge < -0.3 is 5.11 Å². The number of nitrogens with one attached hydrogen (secondary N) is 1. The summed E-state index contributed by atoms with van der Waals surface area (Å²) < 4.78 is 0. The molecule has 1 fully saturated rings. The van der Waals surface area contributed by atoms with Gasteiger partial charge in [-0.1, -0.05) is 12.1 Å². The molecule has 16 heavy (non-hydrogen) atoms. The van der Waals surface area contributed by atoms with Gasteiger partial charge in [0, 0.05) is 25.0 Å². The molecule has 84 valence electrons. The maximum absolute atomic E-state index is 9.46. The highest BCUT2D eigenvalue weighted by Crippen LogP contribution is 2.17. The molecule has 0 amide bonds. The SMILES string of the molecule is O[C@H]1CCN(Cc2ccc3cn[nH]c3c2)C1. The first-order chi connectivity index (χ1) is 7.81. The van der Waals surface area contributed by atoms with E-state index in [0.717, 1.165) is 37.0 Å². The predicted molar refractivity (Wildman–Crippen MR) is 62.0 cm³/mol. The minimum absolute atomic E-state index is 0.143. The third kappa shape index (κ3) is 1.81. The Bertz CT molecular complexity index is 494. The summed E-state index contributed by atoms with van der Waals surface area (Å²) in [6.07, 6.45) is 2.58. The van der Waals surface area contributed by atoms with Gasteiger partial charge in [0.1, 0.15) is 0 Å². The van der Waals surface area contributed by atoms with E-state index in [2.05, 4.69) is 33.3 Å². The van der Waals surface area contributed by atoms with E-state index in [-0.39, 0.29) is 6.10 Å². The first-order valence-electron chi connectivity index (χ1n) is 5.64. The maximum Gasteiger partial charge on any atom is 0.0679 e. The van der Waals surface area contributed by atoms with E-state index in [1.54, 1.807) is 0 Å². The molecule has 0 spiro atoms. The van der Waals surface area contributed by atoms with Crippen LogP contribution in [0.2, 0.25) is 0 Å². The Morgan fingerprint density at radius 1 is 1.50 bits per heavy atom. The molecule has 1 aromatic carbocycles. The highest BCUT2D eigenvalue weighted by Gasteiger charge is 2.19. The average Bonchev–Trinajstić information content (AvgIpc) is 2.87. The van der Waals surface area contributed by atoms with Crippen molar-refractivity contribution >= 4 is 10.9 Å². The van der Waals surface area contributed by atoms with Crippen LogP contribution in [0, 0.1) is 0 Å². The maximum atomic E-state index is 9.46. The number of aliphatic hydroxyl groups is 1. The van der Waals surface area contributed by atoms with Crippen molar-refractivity contribution in [2.24, 2.45) is 0 Å². The van der Waals surface area contributed by atoms with Crippen LogP contribution in [-0.4, -0.2) is 39.4 Å². The van der Waals surface area contributed by atoms with Gasteiger partial charge in [-0.25, -0.2) is 0 Å². The predicted octanol–water partition coefficient (Wildman–Crippen LogP) is 1.13. The summed E-state index contributed by atoms with van der Waals surface area (Å²) in [7, 11) is 0. The number of likely N-dealkylation sites (tertiary alicyclic amines) is 1. The van der Waals surface area contributed by atoms with Crippen molar-refractivity contribution in [2.45, 2.75) is 19.1 Å². The fraction of sp³-hybridized carbons (Fsp3) is 0.417. The number of fused-ring (bicyclic) bond motifs is 1. The van der Waals surface area contributed by atoms with Crippen molar-refractivity contribution in [1.29, 1.82) is 0 Å². The number of hydrogen-bond donors (Lipinski definition) is 2. The summed E-state index contributed by atoms with van der Waals surface area (Å²) in [5.41, 5.74) is 2.35. The van der Waals surface area contributed by atoms with Gasteiger partial charge in [0.25, 0.3) is 0 Å². The Morgan fingerprint density at radius 2 is 2.44 bits per heavy atom. The molecule has 1 aliphatic heterocycles. The summed E-state index contributed by atoms with van der Waals surface area (Å²) in [6, 6.07) is 6.34. The molecule has 0 saturated carbocycles. The number of aromatic amines is 1. The van der Waals surface area contributed by atoms with Crippen molar-refractivity contribution in [3.8, 4) is 0 Å². The van der Waals surface area contributed by atoms with Crippen LogP contribution in [-0.2, 0) is 6.54 Å². The first-order valence-corrected chi connectivity index (χ1v) is 5.64. The number of nitrogens with zero attached hydrogens (tertiary/aromatic N) is 2. The van der Waals surface area contributed by atoms with Gasteiger partial charge in [0.2, 0.25) is 0 Å². The van der Waals surface area contributed by atoms with E-state index in [0.29, 0.717) is 0 Å². The van der Waals surface area contributed by atoms with Crippen LogP contribution in [0.5, 0.6) is 0 Å². The molecule has 0 radical (unpaired) electrons. The molecular formula is C12H15N3O. The van der Waals surface area contributed by atoms with E-state index in [9.17, 15) is 5.11 Å². The average molecular weight is 217 g/mol. The van der Waals surface area contributed by atoms with Crippen molar-refractivity contribution in [3.63, 3.8) is 0 Å². The molecule has 2 N–H and O–H groups in total. The standard InChI is InChI=1S/C12H15N3O/c16-11-3-4-15(8-11)7-9-1-2-10-6-13-14-12(10)5-9/h1-2,5-6,11,16H,3-4,7-8H2,(H,13,14)/t11-/m0/s1. The molecule has 1 aliphatic rings. The van der Waals surface area contributed by atoms with Gasteiger partial charge in [-0.05, 0) is 18.1 Å². The minimum atomic E-state index is -0.143. The lowest BCUT2D eigenvalue weighted by Crippen LogP contribution is -2.21. The fourth-order valence-electron chi connectivity index (χ4n) is 2.30. The Hall–Kier alpha value is -1.39. The topological polar surface area (TPSA) is 52.1 Å². The van der Waals surface area contributed by atoms with Crippen molar-refractivity contribution in [2.75, 3.05) is 13.1 Å². The quantitative estimate of drug-likeness (QED) is 0.793. The Morgan fingerprint density at radius 3 is 3.25 bits per heavy atom. The zero-order chi connectivity index (χ0) is 11.0. The van der Waals surface area contributed by atoms with Crippen LogP contribution in [0.25, 0.3) is 10.9 Å². The largest absolute Gasteiger partial charge is 0.392 e. The molecular weight excluding hydrogens is 202 g/mol. The van der Waals surface area contributed by atoms with Gasteiger partial charge in [-0.2, -0.15) is 5.10 Å². The van der Waals surface area contributed by atoms with Crippen LogP contribution in [0.1, 0.15) is 12.0 Å². The number of H-pyrrole nitrogens is 1. The van der Waals surface area contributed by atoms with Crippen LogP contribution in [0.15, 0.2) is 24.4 Å². The summed E-state index contributed by atoms with van der Waals surface area (Å²) in [5.74, 6) is 0. The van der Waals surface area contributed by atoms with Crippen LogP contribution < -0.4 is 0 Å². The van der Waals surface area contributed by atoms with E-state index in [4.69, 9.17) is 0 Å². The molecule has 2 aromatic rings. The number of rotatable bonds is 2. The zero-order valence-electron chi connectivity index (χ0n) is 9.06. The van der Waals surface area contributed by atoms with Crippen LogP contribution >= 0.6 is 0 Å². The highest BCUT2D eigenvalue weighted by atomic mass is 16.3. The molecule has 0 unspecified atom stereocenters. The summed E-state index contributed by atoms with van der Waals surface area (Å²) in [4.78, 5) is 2.28. The Balaban J connectivity index is 1.78. The molecule has 3 rings (SSSR count). The third-order valence-corrected chi connectivity index (χ3v) is 3.16. The van der Waals surface area contributed by atoms with Crippen LogP contribution in [0.3, 0.4) is 0 Å². The number of benzene rings is 1. The lowest BCUT2D eigenvalue weighted by molar-refractivity contribution is 0.175. The summed E-state index contributed by atoms with van der Waals surface area (Å²) in [6.45, 7) is 2.69. The lowest BCUT2D eigenvalue weighted by Gasteiger charge is -2.14. The normalized spacial score (nSPS) is 21.9. The number of hydrogen-bond acceptors (Lipinski definition) is 3. The second kappa shape index (κ2) is 3.88. The second-order valence-corrected chi connectivity index (χ2v) is 4.47. The Kier molecular flexibility index (Phi) is 2.38. The molecule has 1 aromatic heterocycles. The molecule has 4 nitrogen and oxygen atoms in total. The van der Waals surface area contributed by atoms with Gasteiger partial charge in [-0.15, -0.1) is 0 Å². The minimum Gasteiger partial charge on any atom is -0.392 e. The molecule has 0 aliphatic carbocycles. The van der Waals surface area contributed by atoms with Gasteiger partial charge in [0.05, 0.1) is 17.8 Å². The Labute approximate surface area is 93.9 Å². The van der Waals surface area contributed by atoms with E-state index < -0.39 is 0 Å². The number of aliphatic hydroxyl groups excluding tert-OH is 1. The molecule has 2 heterocycles. The molecule has 1 atom stereocenters. The van der Waals surface area contributed by atoms with E-state index in [1.165, 1.54) is 5.56 Å². The zero-order valence-corrected chi connectivity index (χ0v) is 9.06. The van der Waals surface area contributed by atoms with Crippen molar-refractivity contribution in [3.05, 3.63) is 30.0 Å². The lowest BCUT2D eigenvalue weighted by atomic mass is 10.1. The smallest absolute Gasteiger partial charge is 0.0679 e. The van der Waals surface area contributed by atoms with E-state index >= 15 is 0 Å². The van der Waals surface area contributed by atoms with Crippen molar-refractivity contribution in [1.82, 2.24) is 15.1 Å². The number of β-amino-alcohol motifs (C(OH)–C–C–N with tert-alkyl or cyclic N) is 1. The fourth-order valence-corrected chi connectivity index (χ4v) is 2.30. The summed E-state index contributed by atoms with van der Waals surface area (Å²) >= 11 is 0. The van der Waals surface area contributed by atoms with Gasteiger partial charge in [0.15, 0.2) is 0 Å². The first kappa shape index (κ1) is 9.81. The van der Waals surface area contributed by atoms with Crippen LogP contribution in [0.4, 0.5) is 0 Å². The monoisotopic (exact) mass is 217 g/mol. The van der Waals surface area contributed by atoms with Gasteiger partial charge in [-0.3, -0.25) is 10.00 Å². The summed E-state index contributed by atoms with van der Waals surface area (Å²) in [5, 5.41) is 17.6. The molecule has 1 saturated heterocycles. The second-order valence-electron chi connectivity index (χ2n) is 4.47. The molecule has 4 heteroatoms. The van der Waals surface area contributed by atoms with Gasteiger partial charge >= 0.3 is 0 Å². The van der Waals surface area contributed by atoms with E-state index in [1.807, 2.05) is 6.20 Å². The highest BCUT2D eigenvalue weighted by molar-refractivity contribution is 5.78. The number of aromatic nitrogens is 2. The van der Waals surface area contributed by atoms with Crippen molar-refractivity contribution < 1.29 is 5.11 Å². The third-order valence-electron chi connectivity index (χ3n) is 3.16. The molecule has 0 bridgehead atoms.